The SMILES string of the molecule is [CH2][S+](CCCCC)CCCC1CCCO1. The van der Waals surface area contributed by atoms with Crippen LogP contribution in [0.5, 0.6) is 0 Å². The third kappa shape index (κ3) is 6.47. The molecule has 0 aliphatic carbocycles. The molecule has 0 aromatic heterocycles. The van der Waals surface area contributed by atoms with Crippen molar-refractivity contribution in [2.24, 2.45) is 0 Å². The fourth-order valence-corrected chi connectivity index (χ4v) is 3.44. The highest BCUT2D eigenvalue weighted by atomic mass is 32.2. The van der Waals surface area contributed by atoms with Crippen molar-refractivity contribution in [3.63, 3.8) is 0 Å². The Bertz CT molecular complexity index is 143. The molecule has 15 heavy (non-hydrogen) atoms. The first-order chi connectivity index (χ1) is 7.33. The molecule has 0 bridgehead atoms. The van der Waals surface area contributed by atoms with Gasteiger partial charge in [0.15, 0.2) is 6.26 Å². The number of rotatable bonds is 8. The van der Waals surface area contributed by atoms with Crippen LogP contribution in [-0.4, -0.2) is 24.2 Å². The van der Waals surface area contributed by atoms with E-state index in [0.717, 1.165) is 6.61 Å². The second-order valence-corrected chi connectivity index (χ2v) is 6.55. The Balaban J connectivity index is 1.89. The van der Waals surface area contributed by atoms with E-state index in [0.29, 0.717) is 17.0 Å². The van der Waals surface area contributed by atoms with E-state index in [1.54, 1.807) is 0 Å². The maximum atomic E-state index is 5.62. The van der Waals surface area contributed by atoms with Gasteiger partial charge < -0.3 is 4.74 Å². The summed E-state index contributed by atoms with van der Waals surface area (Å²) in [6, 6.07) is 0. The Kier molecular flexibility index (Phi) is 7.54. The summed E-state index contributed by atoms with van der Waals surface area (Å²) in [6.45, 7) is 3.26. The number of unbranched alkanes of at least 4 members (excludes halogenated alkanes) is 2. The van der Waals surface area contributed by atoms with Crippen LogP contribution in [0.2, 0.25) is 0 Å². The molecule has 2 heteroatoms. The second kappa shape index (κ2) is 8.46. The maximum Gasteiger partial charge on any atom is 0.152 e. The van der Waals surface area contributed by atoms with Gasteiger partial charge in [-0.2, -0.15) is 0 Å². The molecule has 1 aliphatic heterocycles. The predicted molar refractivity (Wildman–Crippen MR) is 70.2 cm³/mol. The van der Waals surface area contributed by atoms with Gasteiger partial charge in [-0.1, -0.05) is 13.3 Å². The molecule has 2 unspecified atom stereocenters. The molecule has 1 nitrogen and oxygen atoms in total. The Morgan fingerprint density at radius 3 is 2.73 bits per heavy atom. The summed E-state index contributed by atoms with van der Waals surface area (Å²) in [4.78, 5) is 0. The standard InChI is InChI=1S/C13H26OS/c1-3-4-5-11-15(2)12-7-9-13-8-6-10-14-13/h13H,2-12H2,1H3/q+1. The Hall–Kier alpha value is 0.310. The lowest BCUT2D eigenvalue weighted by molar-refractivity contribution is 0.104. The van der Waals surface area contributed by atoms with Crippen LogP contribution in [0, 0.1) is 6.26 Å². The lowest BCUT2D eigenvalue weighted by Crippen LogP contribution is -2.11. The van der Waals surface area contributed by atoms with Crippen molar-refractivity contribution in [1.29, 1.82) is 0 Å². The molecule has 1 heterocycles. The van der Waals surface area contributed by atoms with E-state index in [1.165, 1.54) is 56.5 Å². The van der Waals surface area contributed by atoms with Crippen LogP contribution < -0.4 is 0 Å². The number of hydrogen-bond donors (Lipinski definition) is 0. The van der Waals surface area contributed by atoms with Crippen molar-refractivity contribution in [3.05, 3.63) is 6.26 Å². The van der Waals surface area contributed by atoms with Crippen LogP contribution >= 0.6 is 0 Å². The van der Waals surface area contributed by atoms with Crippen LogP contribution in [0.1, 0.15) is 51.9 Å². The van der Waals surface area contributed by atoms with Gasteiger partial charge in [0.2, 0.25) is 0 Å². The lowest BCUT2D eigenvalue weighted by atomic mass is 10.1. The van der Waals surface area contributed by atoms with Crippen LogP contribution in [-0.2, 0) is 15.6 Å². The first kappa shape index (κ1) is 13.4. The average molecular weight is 230 g/mol. The zero-order valence-corrected chi connectivity index (χ0v) is 11.0. The van der Waals surface area contributed by atoms with Crippen molar-refractivity contribution >= 4 is 10.9 Å². The zero-order chi connectivity index (χ0) is 10.9. The molecule has 1 aliphatic rings. The van der Waals surface area contributed by atoms with Gasteiger partial charge in [0.1, 0.15) is 11.5 Å². The summed E-state index contributed by atoms with van der Waals surface area (Å²) < 4.78 is 5.62. The predicted octanol–water partition coefficient (Wildman–Crippen LogP) is 3.55. The van der Waals surface area contributed by atoms with E-state index in [1.807, 2.05) is 0 Å². The van der Waals surface area contributed by atoms with Gasteiger partial charge in [-0.05, 0) is 49.4 Å². The highest BCUT2D eigenvalue weighted by Crippen LogP contribution is 2.17. The van der Waals surface area contributed by atoms with Crippen LogP contribution in [0.25, 0.3) is 0 Å². The molecule has 0 aromatic rings. The molecule has 0 amide bonds. The maximum absolute atomic E-state index is 5.62. The van der Waals surface area contributed by atoms with E-state index in [9.17, 15) is 0 Å². The van der Waals surface area contributed by atoms with Gasteiger partial charge in [0.05, 0.1) is 6.10 Å². The van der Waals surface area contributed by atoms with Crippen molar-refractivity contribution in [2.45, 2.75) is 58.0 Å². The highest BCUT2D eigenvalue weighted by molar-refractivity contribution is 7.97. The molecule has 0 N–H and O–H groups in total. The molecule has 0 aromatic carbocycles. The second-order valence-electron chi connectivity index (χ2n) is 4.50. The Morgan fingerprint density at radius 2 is 2.07 bits per heavy atom. The van der Waals surface area contributed by atoms with Crippen molar-refractivity contribution in [3.8, 4) is 0 Å². The molecule has 89 valence electrons. The van der Waals surface area contributed by atoms with Gasteiger partial charge >= 0.3 is 0 Å². The number of ether oxygens (including phenoxy) is 1. The van der Waals surface area contributed by atoms with Crippen LogP contribution in [0.3, 0.4) is 0 Å². The molecule has 2 atom stereocenters. The minimum Gasteiger partial charge on any atom is -0.378 e. The molecule has 1 radical (unpaired) electrons. The van der Waals surface area contributed by atoms with Gasteiger partial charge in [-0.3, -0.25) is 0 Å². The van der Waals surface area contributed by atoms with Crippen LogP contribution in [0.15, 0.2) is 0 Å². The summed E-state index contributed by atoms with van der Waals surface area (Å²) in [5.74, 6) is 2.67. The first-order valence-corrected chi connectivity index (χ1v) is 8.15. The largest absolute Gasteiger partial charge is 0.378 e. The molecule has 1 fully saturated rings. The summed E-state index contributed by atoms with van der Waals surface area (Å²) in [5, 5.41) is 0. The van der Waals surface area contributed by atoms with E-state index >= 15 is 0 Å². The third-order valence-corrected chi connectivity index (χ3v) is 4.75. The van der Waals surface area contributed by atoms with Crippen molar-refractivity contribution in [2.75, 3.05) is 18.1 Å². The van der Waals surface area contributed by atoms with E-state index in [-0.39, 0.29) is 0 Å². The fourth-order valence-electron chi connectivity index (χ4n) is 2.05. The topological polar surface area (TPSA) is 9.23 Å². The minimum atomic E-state index is 0.423. The quantitative estimate of drug-likeness (QED) is 0.458. The third-order valence-electron chi connectivity index (χ3n) is 3.02. The van der Waals surface area contributed by atoms with Gasteiger partial charge in [-0.15, -0.1) is 0 Å². The monoisotopic (exact) mass is 230 g/mol. The molecular formula is C13H26OS+. The Morgan fingerprint density at radius 1 is 1.27 bits per heavy atom. The summed E-state index contributed by atoms with van der Waals surface area (Å²) in [6.07, 6.45) is 14.1. The average Bonchev–Trinajstić information content (AvgIpc) is 2.71. The van der Waals surface area contributed by atoms with Gasteiger partial charge in [0.25, 0.3) is 0 Å². The lowest BCUT2D eigenvalue weighted by Gasteiger charge is -2.08. The molecule has 1 saturated heterocycles. The number of hydrogen-bond acceptors (Lipinski definition) is 1. The molecule has 0 spiro atoms. The normalized spacial score (nSPS) is 23.2. The van der Waals surface area contributed by atoms with E-state index in [2.05, 4.69) is 13.2 Å². The van der Waals surface area contributed by atoms with Crippen LogP contribution in [0.4, 0.5) is 0 Å². The van der Waals surface area contributed by atoms with E-state index < -0.39 is 0 Å². The highest BCUT2D eigenvalue weighted by Gasteiger charge is 2.17. The molecular weight excluding hydrogens is 204 g/mol. The smallest absolute Gasteiger partial charge is 0.152 e. The molecule has 0 saturated carbocycles. The summed E-state index contributed by atoms with van der Waals surface area (Å²) in [7, 11) is 0.423. The van der Waals surface area contributed by atoms with Crippen molar-refractivity contribution < 1.29 is 4.74 Å². The zero-order valence-electron chi connectivity index (χ0n) is 10.2. The first-order valence-electron chi connectivity index (χ1n) is 6.41. The van der Waals surface area contributed by atoms with Gasteiger partial charge in [-0.25, -0.2) is 0 Å². The summed E-state index contributed by atoms with van der Waals surface area (Å²) in [5.41, 5.74) is 0. The Labute approximate surface area is 98.3 Å². The summed E-state index contributed by atoms with van der Waals surface area (Å²) >= 11 is 0. The fraction of sp³-hybridized carbons (Fsp3) is 0.923. The van der Waals surface area contributed by atoms with Gasteiger partial charge in [0, 0.05) is 6.61 Å². The van der Waals surface area contributed by atoms with Crippen molar-refractivity contribution in [1.82, 2.24) is 0 Å². The minimum absolute atomic E-state index is 0.423. The molecule has 1 rings (SSSR count). The van der Waals surface area contributed by atoms with E-state index in [4.69, 9.17) is 4.74 Å².